The van der Waals surface area contributed by atoms with E-state index >= 15 is 0 Å². The van der Waals surface area contributed by atoms with Gasteiger partial charge in [0.2, 0.25) is 5.91 Å². The molecule has 3 aromatic carbocycles. The second kappa shape index (κ2) is 11.4. The SMILES string of the molecule is CCN(CC)C(c1ccc(-c2ccccc2C(N)=O)c(C)c1)C(O)C(=O)Nc1ccc2c(N)nccc2c1. The lowest BCUT2D eigenvalue weighted by molar-refractivity contribution is -0.127. The maximum absolute atomic E-state index is 13.3. The van der Waals surface area contributed by atoms with E-state index in [9.17, 15) is 14.7 Å². The van der Waals surface area contributed by atoms with Gasteiger partial charge in [0.25, 0.3) is 5.91 Å². The topological polar surface area (TPSA) is 135 Å². The van der Waals surface area contributed by atoms with Crippen molar-refractivity contribution in [3.05, 3.63) is 89.6 Å². The van der Waals surface area contributed by atoms with Crippen molar-refractivity contribution >= 4 is 34.1 Å². The van der Waals surface area contributed by atoms with E-state index in [2.05, 4.69) is 10.3 Å². The zero-order chi connectivity index (χ0) is 27.4. The first kappa shape index (κ1) is 26.8. The van der Waals surface area contributed by atoms with E-state index in [4.69, 9.17) is 11.5 Å². The Morgan fingerprint density at radius 3 is 2.42 bits per heavy atom. The summed E-state index contributed by atoms with van der Waals surface area (Å²) in [6, 6.07) is 19.6. The van der Waals surface area contributed by atoms with Crippen LogP contribution in [-0.4, -0.2) is 46.0 Å². The Morgan fingerprint density at radius 2 is 1.74 bits per heavy atom. The van der Waals surface area contributed by atoms with Crippen LogP contribution in [0, 0.1) is 6.92 Å². The third-order valence-electron chi connectivity index (χ3n) is 6.91. The number of likely N-dealkylation sites (N-methyl/N-ethyl adjacent to an activating group) is 1. The minimum absolute atomic E-state index is 0.416. The van der Waals surface area contributed by atoms with Gasteiger partial charge in [-0.05, 0) is 78.0 Å². The Hall–Kier alpha value is -4.27. The summed E-state index contributed by atoms with van der Waals surface area (Å²) in [6.07, 6.45) is 0.277. The molecule has 1 heterocycles. The second-order valence-corrected chi connectivity index (χ2v) is 9.22. The summed E-state index contributed by atoms with van der Waals surface area (Å²) >= 11 is 0. The van der Waals surface area contributed by atoms with E-state index in [1.807, 2.05) is 62.1 Å². The lowest BCUT2D eigenvalue weighted by Crippen LogP contribution is -2.42. The summed E-state index contributed by atoms with van der Waals surface area (Å²) < 4.78 is 0. The number of fused-ring (bicyclic) bond motifs is 1. The monoisotopic (exact) mass is 511 g/mol. The molecular weight excluding hydrogens is 478 g/mol. The molecule has 6 N–H and O–H groups in total. The fourth-order valence-electron chi connectivity index (χ4n) is 4.95. The van der Waals surface area contributed by atoms with Crippen LogP contribution in [0.15, 0.2) is 72.9 Å². The first-order valence-electron chi connectivity index (χ1n) is 12.6. The minimum Gasteiger partial charge on any atom is -0.383 e. The van der Waals surface area contributed by atoms with Crippen molar-refractivity contribution < 1.29 is 14.7 Å². The summed E-state index contributed by atoms with van der Waals surface area (Å²) in [6.45, 7) is 7.20. The van der Waals surface area contributed by atoms with E-state index in [1.165, 1.54) is 0 Å². The highest BCUT2D eigenvalue weighted by atomic mass is 16.3. The summed E-state index contributed by atoms with van der Waals surface area (Å²) in [4.78, 5) is 31.4. The number of carbonyl (C=O) groups is 2. The smallest absolute Gasteiger partial charge is 0.255 e. The Kier molecular flexibility index (Phi) is 8.05. The van der Waals surface area contributed by atoms with Crippen LogP contribution in [0.3, 0.4) is 0 Å². The summed E-state index contributed by atoms with van der Waals surface area (Å²) in [5, 5.41) is 15.8. The maximum Gasteiger partial charge on any atom is 0.255 e. The lowest BCUT2D eigenvalue weighted by atomic mass is 9.91. The van der Waals surface area contributed by atoms with Gasteiger partial charge in [-0.2, -0.15) is 0 Å². The number of nitrogens with two attached hydrogens (primary N) is 2. The third-order valence-corrected chi connectivity index (χ3v) is 6.91. The molecule has 0 aliphatic rings. The average Bonchev–Trinajstić information content (AvgIpc) is 2.91. The zero-order valence-corrected chi connectivity index (χ0v) is 21.8. The van der Waals surface area contributed by atoms with Crippen LogP contribution >= 0.6 is 0 Å². The van der Waals surface area contributed by atoms with Gasteiger partial charge in [0.05, 0.1) is 6.04 Å². The number of anilines is 2. The quantitative estimate of drug-likeness (QED) is 0.265. The van der Waals surface area contributed by atoms with Gasteiger partial charge in [-0.25, -0.2) is 4.98 Å². The van der Waals surface area contributed by atoms with E-state index in [0.29, 0.717) is 30.2 Å². The predicted molar refractivity (Wildman–Crippen MR) is 152 cm³/mol. The molecule has 2 atom stereocenters. The molecule has 4 aromatic rings. The first-order valence-corrected chi connectivity index (χ1v) is 12.6. The number of hydrogen-bond donors (Lipinski definition) is 4. The normalized spacial score (nSPS) is 12.9. The molecule has 0 bridgehead atoms. The molecule has 4 rings (SSSR count). The van der Waals surface area contributed by atoms with Crippen molar-refractivity contribution in [2.24, 2.45) is 5.73 Å². The molecule has 0 spiro atoms. The summed E-state index contributed by atoms with van der Waals surface area (Å²) in [7, 11) is 0. The number of carbonyl (C=O) groups excluding carboxylic acids is 2. The molecule has 0 fully saturated rings. The predicted octanol–water partition coefficient (Wildman–Crippen LogP) is 4.27. The van der Waals surface area contributed by atoms with Crippen LogP contribution in [0.1, 0.15) is 41.4 Å². The number of aliphatic hydroxyl groups excluding tert-OH is 1. The van der Waals surface area contributed by atoms with Gasteiger partial charge in [-0.1, -0.05) is 50.2 Å². The van der Waals surface area contributed by atoms with E-state index in [1.54, 1.807) is 36.5 Å². The van der Waals surface area contributed by atoms with Crippen LogP contribution in [0.4, 0.5) is 11.5 Å². The highest BCUT2D eigenvalue weighted by Crippen LogP contribution is 2.32. The number of pyridine rings is 1. The number of nitrogen functional groups attached to an aromatic ring is 1. The van der Waals surface area contributed by atoms with E-state index in [0.717, 1.165) is 33.0 Å². The number of nitrogens with zero attached hydrogens (tertiary/aromatic N) is 2. The number of nitrogens with one attached hydrogen (secondary N) is 1. The second-order valence-electron chi connectivity index (χ2n) is 9.22. The maximum atomic E-state index is 13.3. The molecular formula is C30H33N5O3. The number of rotatable bonds is 9. The Morgan fingerprint density at radius 1 is 1.00 bits per heavy atom. The molecule has 0 radical (unpaired) electrons. The molecule has 38 heavy (non-hydrogen) atoms. The summed E-state index contributed by atoms with van der Waals surface area (Å²) in [5.74, 6) is -0.590. The molecule has 2 amide bonds. The van der Waals surface area contributed by atoms with Crippen LogP contribution < -0.4 is 16.8 Å². The van der Waals surface area contributed by atoms with Gasteiger partial charge < -0.3 is 21.9 Å². The molecule has 196 valence electrons. The van der Waals surface area contributed by atoms with Gasteiger partial charge in [0.15, 0.2) is 6.10 Å². The fourth-order valence-corrected chi connectivity index (χ4v) is 4.95. The molecule has 8 heteroatoms. The van der Waals surface area contributed by atoms with Crippen molar-refractivity contribution in [1.29, 1.82) is 0 Å². The molecule has 2 unspecified atom stereocenters. The van der Waals surface area contributed by atoms with E-state index in [-0.39, 0.29) is 0 Å². The molecule has 0 saturated heterocycles. The van der Waals surface area contributed by atoms with Crippen molar-refractivity contribution in [1.82, 2.24) is 9.88 Å². The highest BCUT2D eigenvalue weighted by Gasteiger charge is 2.32. The minimum atomic E-state index is -1.34. The lowest BCUT2D eigenvalue weighted by Gasteiger charge is -2.33. The van der Waals surface area contributed by atoms with Crippen LogP contribution in [0.5, 0.6) is 0 Å². The van der Waals surface area contributed by atoms with Crippen molar-refractivity contribution in [2.75, 3.05) is 24.1 Å². The van der Waals surface area contributed by atoms with Gasteiger partial charge in [0.1, 0.15) is 5.82 Å². The Labute approximate surface area is 222 Å². The van der Waals surface area contributed by atoms with Gasteiger partial charge in [-0.3, -0.25) is 14.5 Å². The number of aliphatic hydroxyl groups is 1. The molecule has 1 aromatic heterocycles. The number of primary amides is 1. The zero-order valence-electron chi connectivity index (χ0n) is 21.8. The van der Waals surface area contributed by atoms with Crippen LogP contribution in [0.25, 0.3) is 21.9 Å². The number of amides is 2. The van der Waals surface area contributed by atoms with Gasteiger partial charge >= 0.3 is 0 Å². The molecule has 0 saturated carbocycles. The number of aromatic nitrogens is 1. The Balaban J connectivity index is 1.66. The van der Waals surface area contributed by atoms with E-state index < -0.39 is 24.0 Å². The van der Waals surface area contributed by atoms with Crippen molar-refractivity contribution in [3.8, 4) is 11.1 Å². The van der Waals surface area contributed by atoms with Gasteiger partial charge in [-0.15, -0.1) is 0 Å². The average molecular weight is 512 g/mol. The number of aryl methyl sites for hydroxylation is 1. The van der Waals surface area contributed by atoms with Crippen LogP contribution in [-0.2, 0) is 4.79 Å². The third kappa shape index (κ3) is 5.37. The number of hydrogen-bond acceptors (Lipinski definition) is 6. The molecule has 8 nitrogen and oxygen atoms in total. The largest absolute Gasteiger partial charge is 0.383 e. The van der Waals surface area contributed by atoms with Crippen molar-refractivity contribution in [2.45, 2.75) is 32.9 Å². The molecule has 0 aliphatic carbocycles. The highest BCUT2D eigenvalue weighted by molar-refractivity contribution is 6.00. The Bertz CT molecular complexity index is 1480. The standard InChI is InChI=1S/C30H33N5O3/c1-4-35(5-2)26(20-10-12-22(18(3)16-20)24-8-6-7-9-25(24)29(32)37)27(36)30(38)34-21-11-13-23-19(17-21)14-15-33-28(23)31/h6-17,26-27,36H,4-5H2,1-3H3,(H2,31,33)(H2,32,37)(H,34,38). The summed E-state index contributed by atoms with van der Waals surface area (Å²) in [5.41, 5.74) is 15.8. The van der Waals surface area contributed by atoms with Gasteiger partial charge in [0, 0.05) is 22.8 Å². The fraction of sp³-hybridized carbons (Fsp3) is 0.233. The number of benzene rings is 3. The van der Waals surface area contributed by atoms with Crippen molar-refractivity contribution in [3.63, 3.8) is 0 Å². The first-order chi connectivity index (χ1) is 18.2. The molecule has 0 aliphatic heterocycles. The van der Waals surface area contributed by atoms with Crippen LogP contribution in [0.2, 0.25) is 0 Å².